The van der Waals surface area contributed by atoms with E-state index in [4.69, 9.17) is 0 Å². The monoisotopic (exact) mass is 310 g/mol. The molecule has 0 atom stereocenters. The van der Waals surface area contributed by atoms with Crippen molar-refractivity contribution >= 4 is 27.5 Å². The molecule has 1 fully saturated rings. The van der Waals surface area contributed by atoms with Crippen molar-refractivity contribution in [2.24, 2.45) is 5.41 Å². The third kappa shape index (κ3) is 2.39. The zero-order valence-corrected chi connectivity index (χ0v) is 11.3. The Hall–Kier alpha value is -1.41. The van der Waals surface area contributed by atoms with E-state index in [1.807, 2.05) is 0 Å². The van der Waals surface area contributed by atoms with Crippen LogP contribution in [0.3, 0.4) is 0 Å². The smallest absolute Gasteiger partial charge is 0.244 e. The number of nitrogens with zero attached hydrogens (tertiary/aromatic N) is 1. The van der Waals surface area contributed by atoms with Gasteiger partial charge in [0.1, 0.15) is 11.2 Å². The maximum absolute atomic E-state index is 13.5. The number of amides is 1. The average molecular weight is 311 g/mol. The Kier molecular flexibility index (Phi) is 3.67. The fourth-order valence-corrected chi connectivity index (χ4v) is 2.56. The van der Waals surface area contributed by atoms with Gasteiger partial charge in [-0.1, -0.05) is 28.8 Å². The Morgan fingerprint density at radius 1 is 1.44 bits per heavy atom. The maximum atomic E-state index is 13.5. The van der Waals surface area contributed by atoms with Crippen molar-refractivity contribution in [1.29, 1.82) is 5.26 Å². The Morgan fingerprint density at radius 3 is 2.72 bits per heavy atom. The molecule has 0 aliphatic heterocycles. The lowest BCUT2D eigenvalue weighted by Crippen LogP contribution is -2.32. The largest absolute Gasteiger partial charge is 0.322 e. The van der Waals surface area contributed by atoms with Crippen molar-refractivity contribution in [2.75, 3.05) is 5.32 Å². The van der Waals surface area contributed by atoms with Gasteiger partial charge in [0, 0.05) is 4.47 Å². The van der Waals surface area contributed by atoms with E-state index in [2.05, 4.69) is 27.3 Å². The summed E-state index contributed by atoms with van der Waals surface area (Å²) in [5.41, 5.74) is -0.884. The highest BCUT2D eigenvalue weighted by Crippen LogP contribution is 2.38. The lowest BCUT2D eigenvalue weighted by atomic mass is 9.87. The van der Waals surface area contributed by atoms with E-state index < -0.39 is 17.1 Å². The molecule has 0 unspecified atom stereocenters. The molecule has 1 aliphatic carbocycles. The normalized spacial score (nSPS) is 17.2. The van der Waals surface area contributed by atoms with E-state index >= 15 is 0 Å². The first-order chi connectivity index (χ1) is 8.57. The molecule has 1 saturated carbocycles. The molecule has 94 valence electrons. The van der Waals surface area contributed by atoms with Gasteiger partial charge in [0.25, 0.3) is 0 Å². The van der Waals surface area contributed by atoms with Crippen LogP contribution in [-0.2, 0) is 4.79 Å². The minimum absolute atomic E-state index is 0.107. The van der Waals surface area contributed by atoms with Crippen LogP contribution >= 0.6 is 15.9 Å². The maximum Gasteiger partial charge on any atom is 0.244 e. The summed E-state index contributed by atoms with van der Waals surface area (Å²) in [4.78, 5) is 12.1. The Balaban J connectivity index is 2.21. The highest BCUT2D eigenvalue weighted by Gasteiger charge is 2.41. The van der Waals surface area contributed by atoms with Crippen LogP contribution in [0.25, 0.3) is 0 Å². The Morgan fingerprint density at radius 2 is 2.11 bits per heavy atom. The summed E-state index contributed by atoms with van der Waals surface area (Å²) in [6, 6.07) is 6.41. The van der Waals surface area contributed by atoms with Crippen LogP contribution in [0.2, 0.25) is 0 Å². The summed E-state index contributed by atoms with van der Waals surface area (Å²) < 4.78 is 14.2. The Bertz CT molecular complexity index is 518. The van der Waals surface area contributed by atoms with Crippen molar-refractivity contribution < 1.29 is 9.18 Å². The zero-order valence-electron chi connectivity index (χ0n) is 9.67. The quantitative estimate of drug-likeness (QED) is 0.907. The fourth-order valence-electron chi connectivity index (χ4n) is 2.20. The third-order valence-electron chi connectivity index (χ3n) is 3.28. The summed E-state index contributed by atoms with van der Waals surface area (Å²) in [6.45, 7) is 0. The number of halogens is 2. The van der Waals surface area contributed by atoms with E-state index in [1.54, 1.807) is 6.07 Å². The summed E-state index contributed by atoms with van der Waals surface area (Å²) in [5.74, 6) is -0.905. The van der Waals surface area contributed by atoms with E-state index in [0.717, 1.165) is 12.8 Å². The van der Waals surface area contributed by atoms with E-state index in [1.165, 1.54) is 12.1 Å². The van der Waals surface area contributed by atoms with Gasteiger partial charge in [-0.05, 0) is 31.0 Å². The van der Waals surface area contributed by atoms with Crippen molar-refractivity contribution in [2.45, 2.75) is 25.7 Å². The van der Waals surface area contributed by atoms with Crippen LogP contribution in [0.15, 0.2) is 22.7 Å². The SMILES string of the molecule is N#CC1(C(=O)Nc2cc(Br)ccc2F)CCCC1. The van der Waals surface area contributed by atoms with Gasteiger partial charge >= 0.3 is 0 Å². The third-order valence-corrected chi connectivity index (χ3v) is 3.78. The molecular formula is C13H12BrFN2O. The number of anilines is 1. The topological polar surface area (TPSA) is 52.9 Å². The molecule has 0 aromatic heterocycles. The number of hydrogen-bond acceptors (Lipinski definition) is 2. The van der Waals surface area contributed by atoms with Gasteiger partial charge in [-0.3, -0.25) is 4.79 Å². The van der Waals surface area contributed by atoms with Gasteiger partial charge in [0.05, 0.1) is 11.8 Å². The molecule has 5 heteroatoms. The zero-order chi connectivity index (χ0) is 13.2. The van der Waals surface area contributed by atoms with Crippen LogP contribution in [0.5, 0.6) is 0 Å². The number of nitriles is 1. The van der Waals surface area contributed by atoms with E-state index in [9.17, 15) is 14.4 Å². The van der Waals surface area contributed by atoms with Crippen LogP contribution in [-0.4, -0.2) is 5.91 Å². The van der Waals surface area contributed by atoms with Crippen molar-refractivity contribution in [3.8, 4) is 6.07 Å². The second-order valence-electron chi connectivity index (χ2n) is 4.48. The van der Waals surface area contributed by atoms with Crippen molar-refractivity contribution in [3.05, 3.63) is 28.5 Å². The minimum Gasteiger partial charge on any atom is -0.322 e. The molecule has 18 heavy (non-hydrogen) atoms. The Labute approximate surface area is 113 Å². The lowest BCUT2D eigenvalue weighted by Gasteiger charge is -2.19. The van der Waals surface area contributed by atoms with E-state index in [-0.39, 0.29) is 5.69 Å². The van der Waals surface area contributed by atoms with Crippen LogP contribution < -0.4 is 5.32 Å². The van der Waals surface area contributed by atoms with Crippen molar-refractivity contribution in [3.63, 3.8) is 0 Å². The molecule has 1 aromatic carbocycles. The molecule has 0 radical (unpaired) electrons. The second-order valence-corrected chi connectivity index (χ2v) is 5.39. The molecule has 0 saturated heterocycles. The molecule has 1 N–H and O–H groups in total. The van der Waals surface area contributed by atoms with Crippen LogP contribution in [0.1, 0.15) is 25.7 Å². The number of carbonyl (C=O) groups is 1. The molecule has 0 spiro atoms. The fraction of sp³-hybridized carbons (Fsp3) is 0.385. The highest BCUT2D eigenvalue weighted by atomic mass is 79.9. The number of hydrogen-bond donors (Lipinski definition) is 1. The lowest BCUT2D eigenvalue weighted by molar-refractivity contribution is -0.122. The minimum atomic E-state index is -0.991. The summed E-state index contributed by atoms with van der Waals surface area (Å²) in [5, 5.41) is 11.7. The van der Waals surface area contributed by atoms with Crippen LogP contribution in [0, 0.1) is 22.6 Å². The van der Waals surface area contributed by atoms with Gasteiger partial charge < -0.3 is 5.32 Å². The molecule has 1 aliphatic rings. The highest BCUT2D eigenvalue weighted by molar-refractivity contribution is 9.10. The van der Waals surface area contributed by atoms with Gasteiger partial charge in [0.2, 0.25) is 5.91 Å². The van der Waals surface area contributed by atoms with Gasteiger partial charge in [0.15, 0.2) is 0 Å². The molecule has 2 rings (SSSR count). The summed E-state index contributed by atoms with van der Waals surface area (Å²) >= 11 is 3.22. The first-order valence-electron chi connectivity index (χ1n) is 5.75. The molecular weight excluding hydrogens is 299 g/mol. The predicted molar refractivity (Wildman–Crippen MR) is 69.2 cm³/mol. The predicted octanol–water partition coefficient (Wildman–Crippen LogP) is 3.61. The molecule has 0 heterocycles. The molecule has 0 bridgehead atoms. The van der Waals surface area contributed by atoms with Crippen molar-refractivity contribution in [1.82, 2.24) is 0 Å². The number of benzene rings is 1. The summed E-state index contributed by atoms with van der Waals surface area (Å²) in [7, 11) is 0. The first-order valence-corrected chi connectivity index (χ1v) is 6.54. The van der Waals surface area contributed by atoms with Gasteiger partial charge in [-0.2, -0.15) is 5.26 Å². The van der Waals surface area contributed by atoms with E-state index in [0.29, 0.717) is 17.3 Å². The standard InChI is InChI=1S/C13H12BrFN2O/c14-9-3-4-10(15)11(7-9)17-12(18)13(8-16)5-1-2-6-13/h3-4,7H,1-2,5-6H2,(H,17,18). The molecule has 1 amide bonds. The number of rotatable bonds is 2. The summed E-state index contributed by atoms with van der Waals surface area (Å²) in [6.07, 6.45) is 2.82. The van der Waals surface area contributed by atoms with Gasteiger partial charge in [-0.25, -0.2) is 4.39 Å². The first kappa shape index (κ1) is 13.0. The molecule has 1 aromatic rings. The van der Waals surface area contributed by atoms with Gasteiger partial charge in [-0.15, -0.1) is 0 Å². The second kappa shape index (κ2) is 5.07. The van der Waals surface area contributed by atoms with Crippen LogP contribution in [0.4, 0.5) is 10.1 Å². The average Bonchev–Trinajstić information content (AvgIpc) is 2.84. The number of carbonyl (C=O) groups excluding carboxylic acids is 1. The number of nitrogens with one attached hydrogen (secondary N) is 1. The molecule has 3 nitrogen and oxygen atoms in total.